The Kier molecular flexibility index (Phi) is 9.92. The highest BCUT2D eigenvalue weighted by Crippen LogP contribution is 2.30. The van der Waals surface area contributed by atoms with Gasteiger partial charge in [-0.2, -0.15) is 0 Å². The molecular weight excluding hydrogens is 469 g/mol. The summed E-state index contributed by atoms with van der Waals surface area (Å²) in [6, 6.07) is 9.59. The van der Waals surface area contributed by atoms with E-state index in [-0.39, 0.29) is 24.0 Å². The number of aryl methyl sites for hydroxylation is 2. The lowest BCUT2D eigenvalue weighted by atomic mass is 10.1. The quantitative estimate of drug-likeness (QED) is 0.295. The molecule has 28 heavy (non-hydrogen) atoms. The Hall–Kier alpha value is -2.16. The van der Waals surface area contributed by atoms with Crippen LogP contribution in [0.4, 0.5) is 5.69 Å². The highest BCUT2D eigenvalue weighted by atomic mass is 127. The second-order valence-electron chi connectivity index (χ2n) is 6.20. The van der Waals surface area contributed by atoms with Gasteiger partial charge in [-0.1, -0.05) is 12.1 Å². The number of ether oxygens (including phenoxy) is 2. The number of halogens is 1. The Balaban J connectivity index is 0.00000392. The second-order valence-corrected chi connectivity index (χ2v) is 6.20. The van der Waals surface area contributed by atoms with Crippen molar-refractivity contribution < 1.29 is 14.6 Å². The van der Waals surface area contributed by atoms with Gasteiger partial charge >= 0.3 is 0 Å². The molecule has 0 aromatic heterocycles. The van der Waals surface area contributed by atoms with Gasteiger partial charge in [-0.05, 0) is 56.5 Å². The van der Waals surface area contributed by atoms with Gasteiger partial charge in [0.1, 0.15) is 5.75 Å². The molecule has 0 atom stereocenters. The smallest absolute Gasteiger partial charge is 0.196 e. The predicted octanol–water partition coefficient (Wildman–Crippen LogP) is 4.61. The molecule has 0 amide bonds. The van der Waals surface area contributed by atoms with Gasteiger partial charge in [-0.25, -0.2) is 4.99 Å². The lowest BCUT2D eigenvalue weighted by molar-refractivity contribution is 0.311. The first-order valence-electron chi connectivity index (χ1n) is 9.13. The third-order valence-corrected chi connectivity index (χ3v) is 4.04. The van der Waals surface area contributed by atoms with Crippen LogP contribution >= 0.6 is 24.0 Å². The molecule has 0 unspecified atom stereocenters. The molecule has 0 spiro atoms. The van der Waals surface area contributed by atoms with Crippen molar-refractivity contribution in [1.29, 1.82) is 0 Å². The summed E-state index contributed by atoms with van der Waals surface area (Å²) in [5, 5.41) is 16.4. The number of methoxy groups -OCH3 is 1. The molecule has 2 aromatic carbocycles. The van der Waals surface area contributed by atoms with E-state index in [0.29, 0.717) is 36.4 Å². The number of nitrogens with zero attached hydrogens (tertiary/aromatic N) is 1. The van der Waals surface area contributed by atoms with Crippen molar-refractivity contribution in [3.05, 3.63) is 47.0 Å². The molecule has 2 rings (SSSR count). The Morgan fingerprint density at radius 2 is 1.75 bits per heavy atom. The number of hydrogen-bond donors (Lipinski definition) is 3. The second kappa shape index (κ2) is 11.6. The highest BCUT2D eigenvalue weighted by Gasteiger charge is 2.08. The van der Waals surface area contributed by atoms with Crippen molar-refractivity contribution in [3.63, 3.8) is 0 Å². The highest BCUT2D eigenvalue weighted by molar-refractivity contribution is 14.0. The first-order chi connectivity index (χ1) is 13.0. The van der Waals surface area contributed by atoms with E-state index >= 15 is 0 Å². The average Bonchev–Trinajstić information content (AvgIpc) is 2.65. The molecular formula is C21H30IN3O3. The maximum Gasteiger partial charge on any atom is 0.196 e. The minimum absolute atomic E-state index is 0. The van der Waals surface area contributed by atoms with Gasteiger partial charge in [-0.3, -0.25) is 0 Å². The van der Waals surface area contributed by atoms with E-state index < -0.39 is 0 Å². The molecule has 3 N–H and O–H groups in total. The Morgan fingerprint density at radius 1 is 1.07 bits per heavy atom. The molecule has 0 aliphatic rings. The van der Waals surface area contributed by atoms with Crippen molar-refractivity contribution in [2.45, 2.75) is 34.2 Å². The van der Waals surface area contributed by atoms with Crippen LogP contribution < -0.4 is 20.1 Å². The topological polar surface area (TPSA) is 75.1 Å². The van der Waals surface area contributed by atoms with Gasteiger partial charge in [0, 0.05) is 18.3 Å². The van der Waals surface area contributed by atoms with E-state index in [1.165, 1.54) is 0 Å². The molecule has 6 nitrogen and oxygen atoms in total. The van der Waals surface area contributed by atoms with E-state index in [9.17, 15) is 5.11 Å². The summed E-state index contributed by atoms with van der Waals surface area (Å²) in [6.45, 7) is 9.58. The molecule has 0 aliphatic heterocycles. The number of anilines is 1. The Morgan fingerprint density at radius 3 is 2.32 bits per heavy atom. The molecule has 0 saturated heterocycles. The maximum atomic E-state index is 9.91. The summed E-state index contributed by atoms with van der Waals surface area (Å²) in [7, 11) is 1.62. The SMILES string of the molecule is CCNC(=NCc1cc(C)c(O)c(C)c1)Nc1ccc(OCC)c(OC)c1.I. The fourth-order valence-electron chi connectivity index (χ4n) is 2.77. The fraction of sp³-hybridized carbons (Fsp3) is 0.381. The molecule has 154 valence electrons. The Labute approximate surface area is 184 Å². The number of phenols is 1. The van der Waals surface area contributed by atoms with Gasteiger partial charge in [0.25, 0.3) is 0 Å². The van der Waals surface area contributed by atoms with Crippen LogP contribution in [0.2, 0.25) is 0 Å². The van der Waals surface area contributed by atoms with Crippen molar-refractivity contribution in [2.75, 3.05) is 25.6 Å². The van der Waals surface area contributed by atoms with Crippen LogP contribution in [0.5, 0.6) is 17.2 Å². The molecule has 0 heterocycles. The molecule has 0 saturated carbocycles. The molecule has 2 aromatic rings. The normalized spacial score (nSPS) is 10.8. The molecule has 7 heteroatoms. The molecule has 0 radical (unpaired) electrons. The van der Waals surface area contributed by atoms with Crippen molar-refractivity contribution in [1.82, 2.24) is 5.32 Å². The summed E-state index contributed by atoms with van der Waals surface area (Å²) in [5.41, 5.74) is 3.61. The van der Waals surface area contributed by atoms with E-state index in [0.717, 1.165) is 28.9 Å². The van der Waals surface area contributed by atoms with E-state index in [2.05, 4.69) is 15.6 Å². The lowest BCUT2D eigenvalue weighted by Gasteiger charge is -2.14. The fourth-order valence-corrected chi connectivity index (χ4v) is 2.77. The number of aliphatic imine (C=N–C) groups is 1. The van der Waals surface area contributed by atoms with Gasteiger partial charge < -0.3 is 25.2 Å². The first kappa shape index (κ1) is 23.9. The molecule has 0 fully saturated rings. The largest absolute Gasteiger partial charge is 0.507 e. The summed E-state index contributed by atoms with van der Waals surface area (Å²) >= 11 is 0. The van der Waals surface area contributed by atoms with Crippen LogP contribution in [0.15, 0.2) is 35.3 Å². The van der Waals surface area contributed by atoms with Crippen molar-refractivity contribution in [2.24, 2.45) is 4.99 Å². The van der Waals surface area contributed by atoms with Gasteiger partial charge in [-0.15, -0.1) is 24.0 Å². The number of aromatic hydroxyl groups is 1. The third kappa shape index (κ3) is 6.47. The monoisotopic (exact) mass is 499 g/mol. The zero-order chi connectivity index (χ0) is 19.8. The number of phenolic OH excluding ortho intramolecular Hbond substituents is 1. The average molecular weight is 499 g/mol. The zero-order valence-corrected chi connectivity index (χ0v) is 19.5. The summed E-state index contributed by atoms with van der Waals surface area (Å²) < 4.78 is 11.0. The minimum atomic E-state index is 0. The molecule has 0 bridgehead atoms. The van der Waals surface area contributed by atoms with E-state index in [1.54, 1.807) is 7.11 Å². The number of rotatable bonds is 7. The molecule has 0 aliphatic carbocycles. The van der Waals surface area contributed by atoms with Crippen LogP contribution in [0, 0.1) is 13.8 Å². The number of benzene rings is 2. The standard InChI is InChI=1S/C21H29N3O3.HI/c1-6-22-21(23-13-16-10-14(3)20(25)15(4)11-16)24-17-8-9-18(27-7-2)19(12-17)26-5;/h8-12,25H,6-7,13H2,1-5H3,(H2,22,23,24);1H. The number of guanidine groups is 1. The third-order valence-electron chi connectivity index (χ3n) is 4.04. The van der Waals surface area contributed by atoms with Crippen molar-refractivity contribution >= 4 is 35.6 Å². The van der Waals surface area contributed by atoms with Crippen LogP contribution in [0.1, 0.15) is 30.5 Å². The first-order valence-corrected chi connectivity index (χ1v) is 9.13. The maximum absolute atomic E-state index is 9.91. The minimum Gasteiger partial charge on any atom is -0.507 e. The van der Waals surface area contributed by atoms with Crippen LogP contribution in [0.3, 0.4) is 0 Å². The number of hydrogen-bond acceptors (Lipinski definition) is 4. The summed E-state index contributed by atoms with van der Waals surface area (Å²) in [6.07, 6.45) is 0. The Bertz CT molecular complexity index is 786. The summed E-state index contributed by atoms with van der Waals surface area (Å²) in [5.74, 6) is 2.39. The zero-order valence-electron chi connectivity index (χ0n) is 17.1. The summed E-state index contributed by atoms with van der Waals surface area (Å²) in [4.78, 5) is 4.65. The predicted molar refractivity (Wildman–Crippen MR) is 126 cm³/mol. The van der Waals surface area contributed by atoms with Crippen molar-refractivity contribution in [3.8, 4) is 17.2 Å². The number of nitrogens with one attached hydrogen (secondary N) is 2. The lowest BCUT2D eigenvalue weighted by Crippen LogP contribution is -2.30. The van der Waals surface area contributed by atoms with Gasteiger partial charge in [0.2, 0.25) is 0 Å². The van der Waals surface area contributed by atoms with Crippen LogP contribution in [-0.4, -0.2) is 31.3 Å². The van der Waals surface area contributed by atoms with Gasteiger partial charge in [0.15, 0.2) is 17.5 Å². The van der Waals surface area contributed by atoms with Crippen LogP contribution in [-0.2, 0) is 6.54 Å². The van der Waals surface area contributed by atoms with E-state index in [4.69, 9.17) is 9.47 Å². The van der Waals surface area contributed by atoms with Crippen LogP contribution in [0.25, 0.3) is 0 Å². The van der Waals surface area contributed by atoms with Gasteiger partial charge in [0.05, 0.1) is 20.3 Å². The van der Waals surface area contributed by atoms with E-state index in [1.807, 2.05) is 58.0 Å².